The second-order valence-corrected chi connectivity index (χ2v) is 8.68. The molecule has 4 nitrogen and oxygen atoms in total. The highest BCUT2D eigenvalue weighted by Gasteiger charge is 2.18. The Labute approximate surface area is 184 Å². The van der Waals surface area contributed by atoms with Crippen LogP contribution in [0.3, 0.4) is 0 Å². The lowest BCUT2D eigenvalue weighted by Gasteiger charge is -2.21. The topological polar surface area (TPSA) is 69.6 Å². The highest BCUT2D eigenvalue weighted by Crippen LogP contribution is 2.14. The zero-order valence-electron chi connectivity index (χ0n) is 19.4. The molecular weight excluding hydrogens is 374 g/mol. The molecule has 0 spiro atoms. The van der Waals surface area contributed by atoms with E-state index in [0.717, 1.165) is 12.8 Å². The molecule has 30 heavy (non-hydrogen) atoms. The Morgan fingerprint density at radius 2 is 1.37 bits per heavy atom. The summed E-state index contributed by atoms with van der Waals surface area (Å²) in [6.45, 7) is 3.94. The van der Waals surface area contributed by atoms with Crippen LogP contribution in [0.5, 0.6) is 0 Å². The van der Waals surface area contributed by atoms with Crippen LogP contribution in [-0.4, -0.2) is 28.3 Å². The molecule has 3 N–H and O–H groups in total. The minimum atomic E-state index is -0.539. The van der Waals surface area contributed by atoms with Crippen molar-refractivity contribution in [2.45, 2.75) is 122 Å². The van der Waals surface area contributed by atoms with E-state index in [1.807, 2.05) is 6.92 Å². The first-order valence-electron chi connectivity index (χ1n) is 12.3. The highest BCUT2D eigenvalue weighted by molar-refractivity contribution is 5.95. The summed E-state index contributed by atoms with van der Waals surface area (Å²) in [5.41, 5.74) is 1.08. The van der Waals surface area contributed by atoms with E-state index in [0.29, 0.717) is 17.5 Å². The van der Waals surface area contributed by atoms with E-state index >= 15 is 0 Å². The predicted molar refractivity (Wildman–Crippen MR) is 126 cm³/mol. The maximum atomic E-state index is 12.4. The molecule has 1 amide bonds. The maximum absolute atomic E-state index is 12.4. The molecule has 0 aromatic heterocycles. The van der Waals surface area contributed by atoms with E-state index in [4.69, 9.17) is 0 Å². The molecule has 2 atom stereocenters. The summed E-state index contributed by atoms with van der Waals surface area (Å²) in [7, 11) is 0. The molecule has 0 bridgehead atoms. The monoisotopic (exact) mass is 419 g/mol. The van der Waals surface area contributed by atoms with Crippen LogP contribution >= 0.6 is 0 Å². The molecule has 0 saturated heterocycles. The van der Waals surface area contributed by atoms with Gasteiger partial charge in [-0.2, -0.15) is 0 Å². The number of rotatable bonds is 18. The maximum Gasteiger partial charge on any atom is 0.251 e. The van der Waals surface area contributed by atoms with E-state index < -0.39 is 6.10 Å². The SMILES string of the molecule is CCCCCCCCCCCCCCCC(O)C(C)NC(=O)c1ccccc1CO. The van der Waals surface area contributed by atoms with Crippen molar-refractivity contribution < 1.29 is 15.0 Å². The number of unbranched alkanes of at least 4 members (excludes halogenated alkanes) is 12. The molecule has 0 saturated carbocycles. The molecule has 4 heteroatoms. The van der Waals surface area contributed by atoms with Crippen LogP contribution in [0.15, 0.2) is 24.3 Å². The average molecular weight is 420 g/mol. The van der Waals surface area contributed by atoms with Gasteiger partial charge in [0, 0.05) is 5.56 Å². The third-order valence-corrected chi connectivity index (χ3v) is 5.97. The van der Waals surface area contributed by atoms with Crippen LogP contribution in [0.4, 0.5) is 0 Å². The molecular formula is C26H45NO3. The molecule has 172 valence electrons. The summed E-state index contributed by atoms with van der Waals surface area (Å²) in [6, 6.07) is 6.72. The van der Waals surface area contributed by atoms with Crippen LogP contribution in [-0.2, 0) is 6.61 Å². The zero-order valence-corrected chi connectivity index (χ0v) is 19.4. The zero-order chi connectivity index (χ0) is 22.0. The third-order valence-electron chi connectivity index (χ3n) is 5.97. The lowest BCUT2D eigenvalue weighted by atomic mass is 10.0. The number of amides is 1. The molecule has 0 heterocycles. The predicted octanol–water partition coefficient (Wildman–Crippen LogP) is 6.14. The van der Waals surface area contributed by atoms with Crippen LogP contribution < -0.4 is 5.32 Å². The van der Waals surface area contributed by atoms with Crippen molar-refractivity contribution in [3.63, 3.8) is 0 Å². The van der Waals surface area contributed by atoms with Crippen molar-refractivity contribution in [3.05, 3.63) is 35.4 Å². The number of nitrogens with one attached hydrogen (secondary N) is 1. The van der Waals surface area contributed by atoms with Crippen molar-refractivity contribution in [1.29, 1.82) is 0 Å². The van der Waals surface area contributed by atoms with Crippen LogP contribution in [0.1, 0.15) is 120 Å². The molecule has 0 radical (unpaired) electrons. The fraction of sp³-hybridized carbons (Fsp3) is 0.731. The Kier molecular flexibility index (Phi) is 15.4. The van der Waals surface area contributed by atoms with E-state index in [9.17, 15) is 15.0 Å². The van der Waals surface area contributed by atoms with Gasteiger partial charge in [0.05, 0.1) is 18.8 Å². The number of carbonyl (C=O) groups is 1. The lowest BCUT2D eigenvalue weighted by Crippen LogP contribution is -2.41. The minimum absolute atomic E-state index is 0.167. The van der Waals surface area contributed by atoms with Crippen LogP contribution in [0.25, 0.3) is 0 Å². The summed E-state index contributed by atoms with van der Waals surface area (Å²) in [4.78, 5) is 12.4. The van der Waals surface area contributed by atoms with Gasteiger partial charge in [-0.05, 0) is 25.0 Å². The summed E-state index contributed by atoms with van der Waals surface area (Å²) in [6.07, 6.45) is 17.2. The molecule has 2 unspecified atom stereocenters. The van der Waals surface area contributed by atoms with Crippen molar-refractivity contribution >= 4 is 5.91 Å². The largest absolute Gasteiger partial charge is 0.392 e. The normalized spacial score (nSPS) is 13.2. The van der Waals surface area contributed by atoms with Gasteiger partial charge in [0.15, 0.2) is 0 Å². The fourth-order valence-corrected chi connectivity index (χ4v) is 3.88. The van der Waals surface area contributed by atoms with Gasteiger partial charge in [0.25, 0.3) is 5.91 Å². The molecule has 1 aromatic carbocycles. The number of hydrogen-bond donors (Lipinski definition) is 3. The van der Waals surface area contributed by atoms with E-state index in [-0.39, 0.29) is 18.6 Å². The summed E-state index contributed by atoms with van der Waals surface area (Å²) < 4.78 is 0. The number of hydrogen-bond acceptors (Lipinski definition) is 3. The Hall–Kier alpha value is -1.39. The number of carbonyl (C=O) groups excluding carboxylic acids is 1. The summed E-state index contributed by atoms with van der Waals surface area (Å²) >= 11 is 0. The van der Waals surface area contributed by atoms with Gasteiger partial charge in [0.1, 0.15) is 0 Å². The second kappa shape index (κ2) is 17.3. The molecule has 1 aromatic rings. The average Bonchev–Trinajstić information content (AvgIpc) is 2.76. The fourth-order valence-electron chi connectivity index (χ4n) is 3.88. The van der Waals surface area contributed by atoms with Crippen LogP contribution in [0, 0.1) is 0 Å². The summed E-state index contributed by atoms with van der Waals surface area (Å²) in [5, 5.41) is 22.6. The quantitative estimate of drug-likeness (QED) is 0.250. The van der Waals surface area contributed by atoms with E-state index in [1.165, 1.54) is 70.6 Å². The Morgan fingerprint density at radius 1 is 0.867 bits per heavy atom. The molecule has 0 aliphatic carbocycles. The standard InChI is InChI=1S/C26H45NO3/c1-3-4-5-6-7-8-9-10-11-12-13-14-15-20-25(29)22(2)27-26(30)24-19-17-16-18-23(24)21-28/h16-19,22,25,28-29H,3-15,20-21H2,1-2H3,(H,27,30). The van der Waals surface area contributed by atoms with Gasteiger partial charge in [-0.1, -0.05) is 109 Å². The lowest BCUT2D eigenvalue weighted by molar-refractivity contribution is 0.0828. The molecule has 1 rings (SSSR count). The third kappa shape index (κ3) is 11.7. The Morgan fingerprint density at radius 3 is 1.90 bits per heavy atom. The molecule has 0 fully saturated rings. The second-order valence-electron chi connectivity index (χ2n) is 8.68. The van der Waals surface area contributed by atoms with Gasteiger partial charge in [-0.3, -0.25) is 4.79 Å². The molecule has 0 aliphatic rings. The Bertz CT molecular complexity index is 561. The van der Waals surface area contributed by atoms with Gasteiger partial charge < -0.3 is 15.5 Å². The first-order chi connectivity index (χ1) is 14.6. The minimum Gasteiger partial charge on any atom is -0.392 e. The van der Waals surface area contributed by atoms with Crippen molar-refractivity contribution in [2.24, 2.45) is 0 Å². The van der Waals surface area contributed by atoms with Gasteiger partial charge in [-0.15, -0.1) is 0 Å². The number of aliphatic hydroxyl groups is 2. The van der Waals surface area contributed by atoms with Crippen LogP contribution in [0.2, 0.25) is 0 Å². The summed E-state index contributed by atoms with van der Waals surface area (Å²) in [5.74, 6) is -0.239. The molecule has 0 aliphatic heterocycles. The number of benzene rings is 1. The van der Waals surface area contributed by atoms with Gasteiger partial charge >= 0.3 is 0 Å². The van der Waals surface area contributed by atoms with Crippen molar-refractivity contribution in [3.8, 4) is 0 Å². The number of aliphatic hydroxyl groups excluding tert-OH is 2. The smallest absolute Gasteiger partial charge is 0.251 e. The first kappa shape index (κ1) is 26.6. The van der Waals surface area contributed by atoms with Crippen molar-refractivity contribution in [2.75, 3.05) is 0 Å². The van der Waals surface area contributed by atoms with E-state index in [2.05, 4.69) is 12.2 Å². The van der Waals surface area contributed by atoms with E-state index in [1.54, 1.807) is 24.3 Å². The van der Waals surface area contributed by atoms with Crippen molar-refractivity contribution in [1.82, 2.24) is 5.32 Å². The van der Waals surface area contributed by atoms with Gasteiger partial charge in [0.2, 0.25) is 0 Å². The first-order valence-corrected chi connectivity index (χ1v) is 12.3. The Balaban J connectivity index is 2.04. The highest BCUT2D eigenvalue weighted by atomic mass is 16.3. The van der Waals surface area contributed by atoms with Gasteiger partial charge in [-0.25, -0.2) is 0 Å².